The van der Waals surface area contributed by atoms with Crippen molar-refractivity contribution in [2.24, 2.45) is 0 Å². The number of benzene rings is 1. The zero-order valence-electron chi connectivity index (χ0n) is 10.5. The molecule has 0 aliphatic heterocycles. The van der Waals surface area contributed by atoms with Crippen LogP contribution in [0.1, 0.15) is 6.92 Å². The van der Waals surface area contributed by atoms with E-state index in [0.717, 1.165) is 0 Å². The molecule has 1 unspecified atom stereocenters. The van der Waals surface area contributed by atoms with Gasteiger partial charge in [0.05, 0.1) is 10.9 Å². The summed E-state index contributed by atoms with van der Waals surface area (Å²) in [5.74, 6) is -0.179. The maximum absolute atomic E-state index is 11.6. The van der Waals surface area contributed by atoms with Crippen LogP contribution in [0, 0.1) is 0 Å². The maximum atomic E-state index is 11.6. The predicted molar refractivity (Wildman–Crippen MR) is 69.8 cm³/mol. The number of nitrogens with one attached hydrogen (secondary N) is 3. The first-order chi connectivity index (χ1) is 8.40. The number of hydrogen-bond acceptors (Lipinski definition) is 4. The van der Waals surface area contributed by atoms with E-state index in [2.05, 4.69) is 15.4 Å². The topological polar surface area (TPSA) is 87.3 Å². The number of carbonyl (C=O) groups is 1. The van der Waals surface area contributed by atoms with Crippen LogP contribution in [0.2, 0.25) is 0 Å². The number of rotatable bonds is 5. The van der Waals surface area contributed by atoms with E-state index >= 15 is 0 Å². The monoisotopic (exact) mass is 271 g/mol. The van der Waals surface area contributed by atoms with Crippen LogP contribution < -0.4 is 15.4 Å². The summed E-state index contributed by atoms with van der Waals surface area (Å²) in [6.45, 7) is 1.73. The lowest BCUT2D eigenvalue weighted by Gasteiger charge is -2.11. The minimum Gasteiger partial charge on any atom is -0.325 e. The van der Waals surface area contributed by atoms with E-state index < -0.39 is 10.0 Å². The molecule has 1 atom stereocenters. The fraction of sp³-hybridized carbons (Fsp3) is 0.364. The number of sulfonamides is 1. The minimum absolute atomic E-state index is 0.157. The molecule has 6 nitrogen and oxygen atoms in total. The first-order valence-electron chi connectivity index (χ1n) is 5.42. The zero-order valence-corrected chi connectivity index (χ0v) is 11.3. The highest BCUT2D eigenvalue weighted by Crippen LogP contribution is 2.13. The van der Waals surface area contributed by atoms with Gasteiger partial charge in [0.15, 0.2) is 0 Å². The lowest BCUT2D eigenvalue weighted by Crippen LogP contribution is -2.35. The van der Waals surface area contributed by atoms with Crippen molar-refractivity contribution in [3.8, 4) is 0 Å². The molecule has 0 aromatic heterocycles. The highest BCUT2D eigenvalue weighted by Gasteiger charge is 2.12. The molecule has 100 valence electrons. The van der Waals surface area contributed by atoms with Crippen molar-refractivity contribution in [3.05, 3.63) is 24.3 Å². The van der Waals surface area contributed by atoms with Gasteiger partial charge in [0.2, 0.25) is 15.9 Å². The second-order valence-corrected chi connectivity index (χ2v) is 5.62. The summed E-state index contributed by atoms with van der Waals surface area (Å²) >= 11 is 0. The fourth-order valence-corrected chi connectivity index (χ4v) is 1.95. The van der Waals surface area contributed by atoms with Gasteiger partial charge in [-0.15, -0.1) is 0 Å². The third kappa shape index (κ3) is 3.52. The van der Waals surface area contributed by atoms with Gasteiger partial charge in [0, 0.05) is 5.69 Å². The summed E-state index contributed by atoms with van der Waals surface area (Å²) in [7, 11) is -0.405. The minimum atomic E-state index is -3.44. The van der Waals surface area contributed by atoms with E-state index in [9.17, 15) is 13.2 Å². The Morgan fingerprint density at radius 1 is 1.17 bits per heavy atom. The van der Waals surface area contributed by atoms with Gasteiger partial charge < -0.3 is 10.6 Å². The lowest BCUT2D eigenvalue weighted by atomic mass is 10.3. The maximum Gasteiger partial charge on any atom is 0.241 e. The third-order valence-electron chi connectivity index (χ3n) is 2.53. The summed E-state index contributed by atoms with van der Waals surface area (Å²) in [6, 6.07) is 5.65. The summed E-state index contributed by atoms with van der Waals surface area (Å²) in [5.41, 5.74) is 0.553. The van der Waals surface area contributed by atoms with Crippen LogP contribution in [0.15, 0.2) is 29.2 Å². The Labute approximate surface area is 107 Å². The Morgan fingerprint density at radius 2 is 1.72 bits per heavy atom. The van der Waals surface area contributed by atoms with Gasteiger partial charge >= 0.3 is 0 Å². The predicted octanol–water partition coefficient (Wildman–Crippen LogP) is 0.141. The summed E-state index contributed by atoms with van der Waals surface area (Å²) in [5, 5.41) is 5.48. The van der Waals surface area contributed by atoms with Crippen molar-refractivity contribution in [2.75, 3.05) is 19.4 Å². The largest absolute Gasteiger partial charge is 0.325 e. The van der Waals surface area contributed by atoms with Gasteiger partial charge in [0.1, 0.15) is 0 Å². The van der Waals surface area contributed by atoms with Crippen molar-refractivity contribution >= 4 is 21.6 Å². The molecule has 1 aromatic rings. The Hall–Kier alpha value is -1.44. The molecular weight excluding hydrogens is 254 g/mol. The molecule has 0 aliphatic rings. The molecule has 0 spiro atoms. The Morgan fingerprint density at radius 3 is 2.17 bits per heavy atom. The van der Waals surface area contributed by atoms with Gasteiger partial charge in [-0.05, 0) is 45.3 Å². The van der Waals surface area contributed by atoms with Crippen LogP contribution in [-0.2, 0) is 14.8 Å². The van der Waals surface area contributed by atoms with Crippen LogP contribution in [0.5, 0.6) is 0 Å². The Balaban J connectivity index is 2.82. The standard InChI is InChI=1S/C11H17N3O3S/c1-8(12-2)11(15)14-9-4-6-10(7-5-9)18(16,17)13-3/h4-8,12-13H,1-3H3,(H,14,15). The van der Waals surface area contributed by atoms with Gasteiger partial charge in [-0.25, -0.2) is 13.1 Å². The van der Waals surface area contributed by atoms with Crippen LogP contribution in [-0.4, -0.2) is 34.5 Å². The lowest BCUT2D eigenvalue weighted by molar-refractivity contribution is -0.117. The first-order valence-corrected chi connectivity index (χ1v) is 6.90. The van der Waals surface area contributed by atoms with E-state index in [-0.39, 0.29) is 16.8 Å². The normalized spacial score (nSPS) is 13.1. The molecule has 1 rings (SSSR count). The molecule has 0 bridgehead atoms. The number of likely N-dealkylation sites (N-methyl/N-ethyl adjacent to an activating group) is 1. The molecule has 0 aliphatic carbocycles. The third-order valence-corrected chi connectivity index (χ3v) is 3.96. The second-order valence-electron chi connectivity index (χ2n) is 3.73. The SMILES string of the molecule is CNC(C)C(=O)Nc1ccc(S(=O)(=O)NC)cc1. The van der Waals surface area contributed by atoms with E-state index in [1.54, 1.807) is 26.1 Å². The molecule has 0 heterocycles. The molecular formula is C11H17N3O3S. The van der Waals surface area contributed by atoms with E-state index in [4.69, 9.17) is 0 Å². The average Bonchev–Trinajstić information content (AvgIpc) is 2.38. The molecule has 1 aromatic carbocycles. The van der Waals surface area contributed by atoms with Crippen molar-refractivity contribution in [1.29, 1.82) is 0 Å². The molecule has 1 amide bonds. The smallest absolute Gasteiger partial charge is 0.241 e. The van der Waals surface area contributed by atoms with E-state index in [1.807, 2.05) is 0 Å². The molecule has 0 fully saturated rings. The molecule has 3 N–H and O–H groups in total. The number of anilines is 1. The zero-order chi connectivity index (χ0) is 13.8. The molecule has 18 heavy (non-hydrogen) atoms. The molecule has 0 saturated carbocycles. The average molecular weight is 271 g/mol. The Bertz CT molecular complexity index is 511. The highest BCUT2D eigenvalue weighted by molar-refractivity contribution is 7.89. The van der Waals surface area contributed by atoms with Gasteiger partial charge in [-0.3, -0.25) is 4.79 Å². The van der Waals surface area contributed by atoms with Crippen LogP contribution in [0.3, 0.4) is 0 Å². The summed E-state index contributed by atoms with van der Waals surface area (Å²) in [4.78, 5) is 11.7. The second kappa shape index (κ2) is 5.94. The van der Waals surface area contributed by atoms with Gasteiger partial charge in [-0.1, -0.05) is 0 Å². The van der Waals surface area contributed by atoms with E-state index in [1.165, 1.54) is 19.2 Å². The van der Waals surface area contributed by atoms with Crippen molar-refractivity contribution in [2.45, 2.75) is 17.9 Å². The summed E-state index contributed by atoms with van der Waals surface area (Å²) < 4.78 is 25.2. The van der Waals surface area contributed by atoms with Gasteiger partial charge in [0.25, 0.3) is 0 Å². The van der Waals surface area contributed by atoms with Crippen LogP contribution >= 0.6 is 0 Å². The highest BCUT2D eigenvalue weighted by atomic mass is 32.2. The van der Waals surface area contributed by atoms with Crippen molar-refractivity contribution < 1.29 is 13.2 Å². The van der Waals surface area contributed by atoms with Crippen LogP contribution in [0.25, 0.3) is 0 Å². The fourth-order valence-electron chi connectivity index (χ4n) is 1.22. The Kier molecular flexibility index (Phi) is 4.83. The number of carbonyl (C=O) groups excluding carboxylic acids is 1. The number of hydrogen-bond donors (Lipinski definition) is 3. The number of amides is 1. The van der Waals surface area contributed by atoms with Gasteiger partial charge in [-0.2, -0.15) is 0 Å². The summed E-state index contributed by atoms with van der Waals surface area (Å²) in [6.07, 6.45) is 0. The first kappa shape index (κ1) is 14.6. The molecule has 0 radical (unpaired) electrons. The van der Waals surface area contributed by atoms with Crippen molar-refractivity contribution in [1.82, 2.24) is 10.0 Å². The molecule has 7 heteroatoms. The molecule has 0 saturated heterocycles. The van der Waals surface area contributed by atoms with Crippen LogP contribution in [0.4, 0.5) is 5.69 Å². The van der Waals surface area contributed by atoms with Crippen molar-refractivity contribution in [3.63, 3.8) is 0 Å². The van der Waals surface area contributed by atoms with E-state index in [0.29, 0.717) is 5.69 Å². The quantitative estimate of drug-likeness (QED) is 0.711.